The van der Waals surface area contributed by atoms with Gasteiger partial charge in [-0.25, -0.2) is 23.1 Å². The zero-order valence-corrected chi connectivity index (χ0v) is 11.7. The molecule has 2 aromatic heterocycles. The highest BCUT2D eigenvalue weighted by atomic mass is 32.2. The van der Waals surface area contributed by atoms with E-state index in [1.807, 2.05) is 6.92 Å². The number of H-pyrrole nitrogens is 1. The normalized spacial score (nSPS) is 13.7. The number of nitrogens with zero attached hydrogens (tertiary/aromatic N) is 2. The summed E-state index contributed by atoms with van der Waals surface area (Å²) < 4.78 is 26.5. The van der Waals surface area contributed by atoms with Gasteiger partial charge in [-0.15, -0.1) is 11.3 Å². The number of hydrogen-bond acceptors (Lipinski definition) is 5. The van der Waals surface area contributed by atoms with E-state index in [1.54, 1.807) is 13.1 Å². The minimum Gasteiger partial charge on any atom is -0.335 e. The quantitative estimate of drug-likeness (QED) is 0.871. The van der Waals surface area contributed by atoms with Crippen molar-refractivity contribution >= 4 is 21.4 Å². The summed E-state index contributed by atoms with van der Waals surface area (Å²) in [7, 11) is -3.56. The van der Waals surface area contributed by atoms with Gasteiger partial charge in [0.25, 0.3) is 10.0 Å². The lowest BCUT2D eigenvalue weighted by atomic mass is 10.4. The van der Waals surface area contributed by atoms with E-state index in [0.29, 0.717) is 0 Å². The molecule has 2 aromatic rings. The van der Waals surface area contributed by atoms with Crippen molar-refractivity contribution < 1.29 is 8.42 Å². The zero-order chi connectivity index (χ0) is 13.2. The average Bonchev–Trinajstić information content (AvgIpc) is 3.00. The highest BCUT2D eigenvalue weighted by molar-refractivity contribution is 7.89. The maximum absolute atomic E-state index is 11.9. The molecule has 2 N–H and O–H groups in total. The Balaban J connectivity index is 2.14. The van der Waals surface area contributed by atoms with Gasteiger partial charge in [-0.2, -0.15) is 0 Å². The molecule has 0 saturated heterocycles. The van der Waals surface area contributed by atoms with Gasteiger partial charge in [-0.1, -0.05) is 6.92 Å². The van der Waals surface area contributed by atoms with E-state index in [1.165, 1.54) is 23.9 Å². The van der Waals surface area contributed by atoms with Crippen molar-refractivity contribution in [1.82, 2.24) is 19.7 Å². The molecule has 98 valence electrons. The van der Waals surface area contributed by atoms with E-state index in [0.717, 1.165) is 16.3 Å². The fraction of sp³-hybridized carbons (Fsp3) is 0.400. The SMILES string of the molecule is CCc1cnc(C(C)NS(=O)(=O)c2cnc[nH]2)s1. The van der Waals surface area contributed by atoms with Crippen LogP contribution >= 0.6 is 11.3 Å². The molecule has 0 fully saturated rings. The fourth-order valence-corrected chi connectivity index (χ4v) is 3.47. The molecule has 1 atom stereocenters. The first-order valence-electron chi connectivity index (χ1n) is 5.48. The highest BCUT2D eigenvalue weighted by Crippen LogP contribution is 2.21. The van der Waals surface area contributed by atoms with E-state index < -0.39 is 10.0 Å². The van der Waals surface area contributed by atoms with E-state index in [-0.39, 0.29) is 11.1 Å². The molecule has 2 rings (SSSR count). The van der Waals surface area contributed by atoms with Crippen LogP contribution in [0.25, 0.3) is 0 Å². The number of aromatic amines is 1. The molecule has 0 aliphatic carbocycles. The van der Waals surface area contributed by atoms with Crippen LogP contribution in [0.2, 0.25) is 0 Å². The maximum atomic E-state index is 11.9. The van der Waals surface area contributed by atoms with E-state index in [2.05, 4.69) is 19.7 Å². The first-order valence-corrected chi connectivity index (χ1v) is 7.78. The summed E-state index contributed by atoms with van der Waals surface area (Å²) in [5.74, 6) is 0. The van der Waals surface area contributed by atoms with Gasteiger partial charge in [0, 0.05) is 11.1 Å². The van der Waals surface area contributed by atoms with Gasteiger partial charge in [0.1, 0.15) is 5.01 Å². The van der Waals surface area contributed by atoms with Gasteiger partial charge in [0.05, 0.1) is 18.6 Å². The van der Waals surface area contributed by atoms with Crippen molar-refractivity contribution in [3.63, 3.8) is 0 Å². The monoisotopic (exact) mass is 286 g/mol. The van der Waals surface area contributed by atoms with Crippen LogP contribution in [-0.4, -0.2) is 23.4 Å². The second-order valence-electron chi connectivity index (χ2n) is 3.78. The second kappa shape index (κ2) is 5.17. The van der Waals surface area contributed by atoms with Crippen molar-refractivity contribution in [3.8, 4) is 0 Å². The zero-order valence-electron chi connectivity index (χ0n) is 10.0. The van der Waals surface area contributed by atoms with Crippen LogP contribution in [-0.2, 0) is 16.4 Å². The van der Waals surface area contributed by atoms with Gasteiger partial charge in [-0.05, 0) is 13.3 Å². The molecule has 0 bridgehead atoms. The van der Waals surface area contributed by atoms with Crippen LogP contribution in [0.15, 0.2) is 23.7 Å². The molecule has 6 nitrogen and oxygen atoms in total. The van der Waals surface area contributed by atoms with Crippen molar-refractivity contribution in [1.29, 1.82) is 0 Å². The van der Waals surface area contributed by atoms with Crippen LogP contribution in [0.5, 0.6) is 0 Å². The third kappa shape index (κ3) is 2.77. The molecule has 0 spiro atoms. The number of aryl methyl sites for hydroxylation is 1. The Hall–Kier alpha value is -1.25. The van der Waals surface area contributed by atoms with E-state index in [4.69, 9.17) is 0 Å². The van der Waals surface area contributed by atoms with Crippen molar-refractivity contribution in [2.45, 2.75) is 31.3 Å². The molecule has 2 heterocycles. The molecule has 0 aliphatic rings. The molecule has 0 saturated carbocycles. The predicted molar refractivity (Wildman–Crippen MR) is 68.8 cm³/mol. The molecule has 18 heavy (non-hydrogen) atoms. The van der Waals surface area contributed by atoms with Crippen molar-refractivity contribution in [3.05, 3.63) is 28.6 Å². The Morgan fingerprint density at radius 2 is 2.28 bits per heavy atom. The summed E-state index contributed by atoms with van der Waals surface area (Å²) in [4.78, 5) is 11.6. The maximum Gasteiger partial charge on any atom is 0.258 e. The van der Waals surface area contributed by atoms with Crippen molar-refractivity contribution in [2.24, 2.45) is 0 Å². The Morgan fingerprint density at radius 1 is 1.50 bits per heavy atom. The fourth-order valence-electron chi connectivity index (χ4n) is 1.42. The standard InChI is InChI=1S/C10H14N4O2S2/c1-3-8-4-12-10(17-8)7(2)14-18(15,16)9-5-11-6-13-9/h4-7,14H,3H2,1-2H3,(H,11,13). The summed E-state index contributed by atoms with van der Waals surface area (Å²) in [5, 5.41) is 0.816. The van der Waals surface area contributed by atoms with Crippen LogP contribution in [0.3, 0.4) is 0 Å². The first kappa shape index (κ1) is 13.2. The highest BCUT2D eigenvalue weighted by Gasteiger charge is 2.21. The van der Waals surface area contributed by atoms with Crippen LogP contribution in [0.1, 0.15) is 29.8 Å². The van der Waals surface area contributed by atoms with Gasteiger partial charge in [0.2, 0.25) is 0 Å². The van der Waals surface area contributed by atoms with E-state index >= 15 is 0 Å². The Morgan fingerprint density at radius 3 is 2.83 bits per heavy atom. The van der Waals surface area contributed by atoms with Gasteiger partial charge >= 0.3 is 0 Å². The molecule has 8 heteroatoms. The minimum atomic E-state index is -3.56. The van der Waals surface area contributed by atoms with Crippen LogP contribution in [0.4, 0.5) is 0 Å². The molecule has 0 amide bonds. The molecule has 1 unspecified atom stereocenters. The molecular formula is C10H14N4O2S2. The van der Waals surface area contributed by atoms with Crippen LogP contribution in [0, 0.1) is 0 Å². The number of sulfonamides is 1. The third-order valence-corrected chi connectivity index (χ3v) is 5.18. The number of nitrogens with one attached hydrogen (secondary N) is 2. The summed E-state index contributed by atoms with van der Waals surface area (Å²) in [6.45, 7) is 3.81. The largest absolute Gasteiger partial charge is 0.335 e. The molecule has 0 radical (unpaired) electrons. The molecule has 0 aliphatic heterocycles. The number of rotatable bonds is 5. The van der Waals surface area contributed by atoms with Gasteiger partial charge < -0.3 is 4.98 Å². The number of thiazole rings is 1. The minimum absolute atomic E-state index is 0.0571. The molecular weight excluding hydrogens is 272 g/mol. The number of hydrogen-bond donors (Lipinski definition) is 2. The van der Waals surface area contributed by atoms with Crippen LogP contribution < -0.4 is 4.72 Å². The number of imidazole rings is 1. The summed E-state index contributed by atoms with van der Waals surface area (Å²) >= 11 is 1.52. The van der Waals surface area contributed by atoms with Gasteiger partial charge in [-0.3, -0.25) is 0 Å². The lowest BCUT2D eigenvalue weighted by molar-refractivity contribution is 0.563. The number of aromatic nitrogens is 3. The smallest absolute Gasteiger partial charge is 0.258 e. The lowest BCUT2D eigenvalue weighted by Gasteiger charge is -2.10. The summed E-state index contributed by atoms with van der Waals surface area (Å²) in [5.41, 5.74) is 0. The van der Waals surface area contributed by atoms with Gasteiger partial charge in [0.15, 0.2) is 5.03 Å². The Bertz CT molecular complexity index is 604. The average molecular weight is 286 g/mol. The lowest BCUT2D eigenvalue weighted by Crippen LogP contribution is -2.27. The van der Waals surface area contributed by atoms with E-state index in [9.17, 15) is 8.42 Å². The Kier molecular flexibility index (Phi) is 3.79. The second-order valence-corrected chi connectivity index (χ2v) is 6.61. The first-order chi connectivity index (χ1) is 8.53. The summed E-state index contributed by atoms with van der Waals surface area (Å²) in [6.07, 6.45) is 5.28. The molecule has 0 aromatic carbocycles. The third-order valence-electron chi connectivity index (χ3n) is 2.38. The Labute approximate surface area is 110 Å². The topological polar surface area (TPSA) is 87.7 Å². The predicted octanol–water partition coefficient (Wildman–Crippen LogP) is 1.47. The summed E-state index contributed by atoms with van der Waals surface area (Å²) in [6, 6.07) is -0.358. The van der Waals surface area contributed by atoms with Crippen molar-refractivity contribution in [2.75, 3.05) is 0 Å².